The van der Waals surface area contributed by atoms with Crippen molar-refractivity contribution in [3.63, 3.8) is 0 Å². The van der Waals surface area contributed by atoms with Gasteiger partial charge in [0, 0.05) is 29.8 Å². The van der Waals surface area contributed by atoms with Gasteiger partial charge in [0.15, 0.2) is 0 Å². The topological polar surface area (TPSA) is 29.3 Å². The number of nitrogens with two attached hydrogens (primary N) is 1. The van der Waals surface area contributed by atoms with Crippen LogP contribution in [0, 0.1) is 11.8 Å². The van der Waals surface area contributed by atoms with Crippen molar-refractivity contribution in [1.82, 2.24) is 4.90 Å². The number of nitrogens with zero attached hydrogens (tertiary/aromatic N) is 1. The highest BCUT2D eigenvalue weighted by Crippen LogP contribution is 2.25. The van der Waals surface area contributed by atoms with E-state index in [9.17, 15) is 0 Å². The molecule has 0 radical (unpaired) electrons. The van der Waals surface area contributed by atoms with Gasteiger partial charge >= 0.3 is 0 Å². The Bertz CT molecular complexity index is 382. The van der Waals surface area contributed by atoms with Crippen molar-refractivity contribution in [3.05, 3.63) is 28.2 Å². The van der Waals surface area contributed by atoms with Crippen molar-refractivity contribution in [1.29, 1.82) is 0 Å². The predicted molar refractivity (Wildman–Crippen MR) is 76.8 cm³/mol. The molecular weight excluding hydrogens is 276 g/mol. The molecule has 0 bridgehead atoms. The van der Waals surface area contributed by atoms with Crippen molar-refractivity contribution < 1.29 is 0 Å². The fraction of sp³-hybridized carbons (Fsp3) is 0.571. The lowest BCUT2D eigenvalue weighted by atomic mass is 9.91. The van der Waals surface area contributed by atoms with E-state index in [-0.39, 0.29) is 0 Å². The summed E-state index contributed by atoms with van der Waals surface area (Å²) in [4.78, 5) is 2.54. The van der Waals surface area contributed by atoms with E-state index in [0.717, 1.165) is 28.5 Å². The van der Waals surface area contributed by atoms with E-state index in [4.69, 9.17) is 5.73 Å². The molecule has 1 aromatic carbocycles. The molecule has 1 heterocycles. The van der Waals surface area contributed by atoms with Crippen molar-refractivity contribution in [3.8, 4) is 0 Å². The number of hydrogen-bond donors (Lipinski definition) is 1. The monoisotopic (exact) mass is 296 g/mol. The standard InChI is InChI=1S/C14H21BrN2/c1-10-5-11(2)8-17(7-10)9-12-3-4-13(15)14(16)6-12/h3-4,6,10-11H,5,7-9,16H2,1-2H3. The molecule has 2 atom stereocenters. The fourth-order valence-corrected chi connectivity index (χ4v) is 3.12. The maximum atomic E-state index is 5.91. The van der Waals surface area contributed by atoms with E-state index >= 15 is 0 Å². The van der Waals surface area contributed by atoms with Gasteiger partial charge in [-0.15, -0.1) is 0 Å². The van der Waals surface area contributed by atoms with Gasteiger partial charge in [-0.2, -0.15) is 0 Å². The molecule has 1 fully saturated rings. The summed E-state index contributed by atoms with van der Waals surface area (Å²) in [6.07, 6.45) is 1.36. The highest BCUT2D eigenvalue weighted by Gasteiger charge is 2.21. The third-order valence-electron chi connectivity index (χ3n) is 3.41. The molecule has 2 nitrogen and oxygen atoms in total. The average molecular weight is 297 g/mol. The number of nitrogen functional groups attached to an aromatic ring is 1. The molecule has 0 spiro atoms. The van der Waals surface area contributed by atoms with E-state index in [1.807, 2.05) is 6.07 Å². The zero-order valence-electron chi connectivity index (χ0n) is 10.6. The molecule has 2 rings (SSSR count). The molecular formula is C14H21BrN2. The molecule has 0 aromatic heterocycles. The van der Waals surface area contributed by atoms with Crippen molar-refractivity contribution in [2.45, 2.75) is 26.8 Å². The Labute approximate surface area is 112 Å². The SMILES string of the molecule is CC1CC(C)CN(Cc2ccc(Br)c(N)c2)C1. The summed E-state index contributed by atoms with van der Waals surface area (Å²) >= 11 is 3.44. The first-order valence-electron chi connectivity index (χ1n) is 6.31. The molecule has 1 aliphatic rings. The molecule has 0 saturated carbocycles. The number of benzene rings is 1. The largest absolute Gasteiger partial charge is 0.398 e. The average Bonchev–Trinajstić information content (AvgIpc) is 2.22. The summed E-state index contributed by atoms with van der Waals surface area (Å²) in [7, 11) is 0. The van der Waals surface area contributed by atoms with Gasteiger partial charge in [-0.3, -0.25) is 4.90 Å². The van der Waals surface area contributed by atoms with Gasteiger partial charge in [-0.1, -0.05) is 19.9 Å². The third kappa shape index (κ3) is 3.46. The van der Waals surface area contributed by atoms with Crippen LogP contribution in [0.5, 0.6) is 0 Å². The van der Waals surface area contributed by atoms with Crippen LogP contribution in [-0.2, 0) is 6.54 Å². The lowest BCUT2D eigenvalue weighted by Crippen LogP contribution is -2.38. The van der Waals surface area contributed by atoms with Crippen LogP contribution < -0.4 is 5.73 Å². The maximum Gasteiger partial charge on any atom is 0.0461 e. The number of halogens is 1. The summed E-state index contributed by atoms with van der Waals surface area (Å²) in [5, 5.41) is 0. The van der Waals surface area contributed by atoms with E-state index in [2.05, 4.69) is 46.8 Å². The molecule has 3 heteroatoms. The normalized spacial score (nSPS) is 26.1. The van der Waals surface area contributed by atoms with Gasteiger partial charge in [-0.05, 0) is 51.9 Å². The second kappa shape index (κ2) is 5.40. The minimum absolute atomic E-state index is 0.812. The van der Waals surface area contributed by atoms with Crippen LogP contribution >= 0.6 is 15.9 Å². The highest BCUT2D eigenvalue weighted by molar-refractivity contribution is 9.10. The first-order chi connectivity index (χ1) is 8.04. The minimum Gasteiger partial charge on any atom is -0.398 e. The fourth-order valence-electron chi connectivity index (χ4n) is 2.87. The molecule has 2 N–H and O–H groups in total. The van der Waals surface area contributed by atoms with Gasteiger partial charge in [-0.25, -0.2) is 0 Å². The smallest absolute Gasteiger partial charge is 0.0461 e. The van der Waals surface area contributed by atoms with Crippen LogP contribution in [0.25, 0.3) is 0 Å². The van der Waals surface area contributed by atoms with E-state index in [1.54, 1.807) is 0 Å². The van der Waals surface area contributed by atoms with Gasteiger partial charge in [0.05, 0.1) is 0 Å². The Kier molecular flexibility index (Phi) is 4.10. The Hall–Kier alpha value is -0.540. The van der Waals surface area contributed by atoms with Crippen LogP contribution in [0.1, 0.15) is 25.8 Å². The van der Waals surface area contributed by atoms with Gasteiger partial charge in [0.1, 0.15) is 0 Å². The van der Waals surface area contributed by atoms with Crippen LogP contribution in [0.15, 0.2) is 22.7 Å². The van der Waals surface area contributed by atoms with Crippen LogP contribution in [0.2, 0.25) is 0 Å². The van der Waals surface area contributed by atoms with Gasteiger partial charge < -0.3 is 5.73 Å². The second-order valence-electron chi connectivity index (χ2n) is 5.50. The third-order valence-corrected chi connectivity index (χ3v) is 4.13. The summed E-state index contributed by atoms with van der Waals surface area (Å²) < 4.78 is 0.988. The minimum atomic E-state index is 0.812. The summed E-state index contributed by atoms with van der Waals surface area (Å²) in [6.45, 7) is 8.13. The molecule has 17 heavy (non-hydrogen) atoms. The Morgan fingerprint density at radius 1 is 1.29 bits per heavy atom. The van der Waals surface area contributed by atoms with Crippen molar-refractivity contribution in [2.75, 3.05) is 18.8 Å². The lowest BCUT2D eigenvalue weighted by molar-refractivity contribution is 0.134. The molecule has 94 valence electrons. The van der Waals surface area contributed by atoms with E-state index in [1.165, 1.54) is 25.1 Å². The number of rotatable bonds is 2. The molecule has 1 saturated heterocycles. The highest BCUT2D eigenvalue weighted by atomic mass is 79.9. The zero-order valence-corrected chi connectivity index (χ0v) is 12.2. The summed E-state index contributed by atoms with van der Waals surface area (Å²) in [5.74, 6) is 1.62. The zero-order chi connectivity index (χ0) is 12.4. The van der Waals surface area contributed by atoms with Crippen LogP contribution in [-0.4, -0.2) is 18.0 Å². The second-order valence-corrected chi connectivity index (χ2v) is 6.35. The summed E-state index contributed by atoms with van der Waals surface area (Å²) in [6, 6.07) is 6.28. The number of piperidine rings is 1. The molecule has 0 aliphatic carbocycles. The van der Waals surface area contributed by atoms with E-state index < -0.39 is 0 Å². The molecule has 1 aromatic rings. The Morgan fingerprint density at radius 2 is 1.94 bits per heavy atom. The predicted octanol–water partition coefficient (Wildman–Crippen LogP) is 3.51. The maximum absolute atomic E-state index is 5.91. The first-order valence-corrected chi connectivity index (χ1v) is 7.10. The van der Waals surface area contributed by atoms with Crippen molar-refractivity contribution >= 4 is 21.6 Å². The van der Waals surface area contributed by atoms with Gasteiger partial charge in [0.2, 0.25) is 0 Å². The number of anilines is 1. The van der Waals surface area contributed by atoms with Crippen molar-refractivity contribution in [2.24, 2.45) is 11.8 Å². The quantitative estimate of drug-likeness (QED) is 0.846. The van der Waals surface area contributed by atoms with Crippen LogP contribution in [0.4, 0.5) is 5.69 Å². The summed E-state index contributed by atoms with van der Waals surface area (Å²) in [5.41, 5.74) is 8.06. The number of hydrogen-bond acceptors (Lipinski definition) is 2. The Morgan fingerprint density at radius 3 is 2.53 bits per heavy atom. The van der Waals surface area contributed by atoms with Crippen LogP contribution in [0.3, 0.4) is 0 Å². The Balaban J connectivity index is 2.02. The molecule has 0 amide bonds. The van der Waals surface area contributed by atoms with E-state index in [0.29, 0.717) is 0 Å². The van der Waals surface area contributed by atoms with Gasteiger partial charge in [0.25, 0.3) is 0 Å². The molecule has 1 aliphatic heterocycles. The lowest BCUT2D eigenvalue weighted by Gasteiger charge is -2.35. The first kappa shape index (κ1) is 12.9. The number of likely N-dealkylation sites (tertiary alicyclic amines) is 1. The molecule has 2 unspecified atom stereocenters.